The molecule has 0 fully saturated rings. The number of nitrogens with two attached hydrogens (primary N) is 1. The molecule has 0 aliphatic carbocycles. The molecule has 2 bridgehead atoms. The van der Waals surface area contributed by atoms with Crippen LogP contribution in [-0.4, -0.2) is 18.0 Å². The van der Waals surface area contributed by atoms with Gasteiger partial charge in [-0.1, -0.05) is 31.5 Å². The summed E-state index contributed by atoms with van der Waals surface area (Å²) in [6, 6.07) is 9.85. The van der Waals surface area contributed by atoms with E-state index in [-0.39, 0.29) is 17.9 Å². The van der Waals surface area contributed by atoms with E-state index < -0.39 is 0 Å². The molecule has 24 heavy (non-hydrogen) atoms. The zero-order valence-electron chi connectivity index (χ0n) is 14.1. The molecular formula is C19H23N3O2. The van der Waals surface area contributed by atoms with Crippen LogP contribution < -0.4 is 15.8 Å². The maximum absolute atomic E-state index is 12.5. The maximum Gasteiger partial charge on any atom is 0.227 e. The number of fused-ring (bicyclic) bond motifs is 4. The highest BCUT2D eigenvalue weighted by Gasteiger charge is 2.19. The van der Waals surface area contributed by atoms with Crippen molar-refractivity contribution >= 4 is 11.6 Å². The van der Waals surface area contributed by atoms with Gasteiger partial charge in [-0.15, -0.1) is 0 Å². The second kappa shape index (κ2) is 7.01. The first-order valence-electron chi connectivity index (χ1n) is 8.29. The Kier molecular flexibility index (Phi) is 4.81. The molecule has 2 aromatic rings. The lowest BCUT2D eigenvalue weighted by Crippen LogP contribution is -2.22. The van der Waals surface area contributed by atoms with E-state index in [1.807, 2.05) is 31.2 Å². The van der Waals surface area contributed by atoms with Crippen LogP contribution in [-0.2, 0) is 4.79 Å². The van der Waals surface area contributed by atoms with Crippen LogP contribution in [0.2, 0.25) is 0 Å². The molecule has 3 N–H and O–H groups in total. The molecule has 0 saturated carbocycles. The Morgan fingerprint density at radius 1 is 1.29 bits per heavy atom. The van der Waals surface area contributed by atoms with Crippen LogP contribution in [0.1, 0.15) is 37.8 Å². The van der Waals surface area contributed by atoms with Crippen molar-refractivity contribution in [3.8, 4) is 17.0 Å². The zero-order chi connectivity index (χ0) is 17.1. The van der Waals surface area contributed by atoms with Crippen molar-refractivity contribution in [3.63, 3.8) is 0 Å². The Bertz CT molecular complexity index is 745. The van der Waals surface area contributed by atoms with E-state index in [9.17, 15) is 4.79 Å². The van der Waals surface area contributed by atoms with Gasteiger partial charge >= 0.3 is 0 Å². The van der Waals surface area contributed by atoms with E-state index in [0.717, 1.165) is 36.1 Å². The van der Waals surface area contributed by atoms with Gasteiger partial charge in [-0.2, -0.15) is 0 Å². The van der Waals surface area contributed by atoms with Crippen molar-refractivity contribution in [2.24, 2.45) is 11.7 Å². The summed E-state index contributed by atoms with van der Waals surface area (Å²) >= 11 is 0. The number of hydrogen-bond acceptors (Lipinski definition) is 4. The number of carbonyl (C=O) groups is 1. The minimum atomic E-state index is -0.0750. The van der Waals surface area contributed by atoms with Gasteiger partial charge in [0, 0.05) is 23.6 Å². The molecule has 5 heteroatoms. The molecule has 0 radical (unpaired) electrons. The second-order valence-corrected chi connectivity index (χ2v) is 6.32. The summed E-state index contributed by atoms with van der Waals surface area (Å²) in [4.78, 5) is 17.0. The molecule has 1 aromatic heterocycles. The fourth-order valence-electron chi connectivity index (χ4n) is 3.00. The maximum atomic E-state index is 12.5. The number of anilines is 1. The lowest BCUT2D eigenvalue weighted by atomic mass is 9.94. The minimum absolute atomic E-state index is 0.00315. The first kappa shape index (κ1) is 16.5. The Morgan fingerprint density at radius 3 is 2.92 bits per heavy atom. The number of benzene rings is 1. The molecule has 0 saturated heterocycles. The Balaban J connectivity index is 2.12. The van der Waals surface area contributed by atoms with Crippen LogP contribution in [0.4, 0.5) is 5.69 Å². The van der Waals surface area contributed by atoms with E-state index in [1.54, 1.807) is 13.3 Å². The van der Waals surface area contributed by atoms with Crippen LogP contribution in [0.25, 0.3) is 11.3 Å². The number of amides is 1. The summed E-state index contributed by atoms with van der Waals surface area (Å²) in [6.07, 6.45) is 4.26. The number of nitrogens with zero attached hydrogens (tertiary/aromatic N) is 1. The first-order valence-corrected chi connectivity index (χ1v) is 8.29. The van der Waals surface area contributed by atoms with Gasteiger partial charge in [-0.05, 0) is 24.5 Å². The molecule has 0 unspecified atom stereocenters. The highest BCUT2D eigenvalue weighted by molar-refractivity contribution is 5.96. The third-order valence-electron chi connectivity index (χ3n) is 4.54. The molecule has 2 heterocycles. The van der Waals surface area contributed by atoms with Gasteiger partial charge in [-0.3, -0.25) is 9.78 Å². The minimum Gasteiger partial charge on any atom is -0.495 e. The molecule has 1 aromatic carbocycles. The lowest BCUT2D eigenvalue weighted by Gasteiger charge is -2.19. The fourth-order valence-corrected chi connectivity index (χ4v) is 3.00. The van der Waals surface area contributed by atoms with E-state index >= 15 is 0 Å². The SMILES string of the molecule is COc1cnc2c(c1)NC(=O)[C@H](C)CCC[C@H](N)c1cccc-2c1. The zero-order valence-corrected chi connectivity index (χ0v) is 14.1. The Morgan fingerprint density at radius 2 is 2.12 bits per heavy atom. The number of nitrogens with one attached hydrogen (secondary N) is 1. The summed E-state index contributed by atoms with van der Waals surface area (Å²) < 4.78 is 5.25. The van der Waals surface area contributed by atoms with Crippen molar-refractivity contribution in [1.29, 1.82) is 0 Å². The molecular weight excluding hydrogens is 302 g/mol. The molecule has 5 nitrogen and oxygen atoms in total. The van der Waals surface area contributed by atoms with Crippen LogP contribution in [0, 0.1) is 5.92 Å². The summed E-state index contributed by atoms with van der Waals surface area (Å²) in [5.74, 6) is 0.535. The van der Waals surface area contributed by atoms with Gasteiger partial charge in [0.2, 0.25) is 5.91 Å². The molecule has 126 valence electrons. The first-order chi connectivity index (χ1) is 11.6. The highest BCUT2D eigenvalue weighted by atomic mass is 16.5. The normalized spacial score (nSPS) is 21.0. The predicted octanol–water partition coefficient (Wildman–Crippen LogP) is 3.52. The Hall–Kier alpha value is -2.40. The molecule has 1 amide bonds. The Labute approximate surface area is 142 Å². The summed E-state index contributed by atoms with van der Waals surface area (Å²) in [7, 11) is 1.59. The van der Waals surface area contributed by atoms with Gasteiger partial charge in [0.25, 0.3) is 0 Å². The second-order valence-electron chi connectivity index (χ2n) is 6.32. The smallest absolute Gasteiger partial charge is 0.227 e. The largest absolute Gasteiger partial charge is 0.495 e. The number of hydrogen-bond donors (Lipinski definition) is 2. The van der Waals surface area contributed by atoms with E-state index in [2.05, 4.69) is 16.4 Å². The summed E-state index contributed by atoms with van der Waals surface area (Å²) in [5, 5.41) is 3.01. The third-order valence-corrected chi connectivity index (χ3v) is 4.54. The van der Waals surface area contributed by atoms with Gasteiger partial charge in [0.1, 0.15) is 5.75 Å². The summed E-state index contributed by atoms with van der Waals surface area (Å²) in [5.41, 5.74) is 9.75. The monoisotopic (exact) mass is 325 g/mol. The standard InChI is InChI=1S/C19H23N3O2/c1-12-5-3-8-16(20)13-6-4-7-14(9-13)18-17(22-19(12)23)10-15(24-2)11-21-18/h4,6-7,9-12,16H,3,5,8,20H2,1-2H3,(H,22,23)/t12-,16+/m1/s1. The number of aromatic nitrogens is 1. The van der Waals surface area contributed by atoms with Crippen LogP contribution in [0.3, 0.4) is 0 Å². The molecule has 1 aliphatic heterocycles. The van der Waals surface area contributed by atoms with Crippen molar-refractivity contribution in [1.82, 2.24) is 4.98 Å². The van der Waals surface area contributed by atoms with E-state index in [1.165, 1.54) is 0 Å². The topological polar surface area (TPSA) is 77.2 Å². The summed E-state index contributed by atoms with van der Waals surface area (Å²) in [6.45, 7) is 1.94. The van der Waals surface area contributed by atoms with Gasteiger partial charge in [0.15, 0.2) is 0 Å². The average Bonchev–Trinajstić information content (AvgIpc) is 2.60. The highest BCUT2D eigenvalue weighted by Crippen LogP contribution is 2.32. The van der Waals surface area contributed by atoms with Gasteiger partial charge < -0.3 is 15.8 Å². The van der Waals surface area contributed by atoms with E-state index in [0.29, 0.717) is 11.4 Å². The molecule has 1 aliphatic rings. The quantitative estimate of drug-likeness (QED) is 0.841. The van der Waals surface area contributed by atoms with Crippen molar-refractivity contribution < 1.29 is 9.53 Å². The molecule has 0 spiro atoms. The number of carbonyl (C=O) groups excluding carboxylic acids is 1. The number of methoxy groups -OCH3 is 1. The molecule has 3 rings (SSSR count). The third kappa shape index (κ3) is 3.41. The number of pyridine rings is 1. The molecule has 2 atom stereocenters. The lowest BCUT2D eigenvalue weighted by molar-refractivity contribution is -0.119. The van der Waals surface area contributed by atoms with Crippen LogP contribution in [0.15, 0.2) is 36.5 Å². The van der Waals surface area contributed by atoms with Crippen molar-refractivity contribution in [2.45, 2.75) is 32.2 Å². The number of rotatable bonds is 1. The fraction of sp³-hybridized carbons (Fsp3) is 0.368. The average molecular weight is 325 g/mol. The predicted molar refractivity (Wildman–Crippen MR) is 94.8 cm³/mol. The van der Waals surface area contributed by atoms with Crippen LogP contribution in [0.5, 0.6) is 5.75 Å². The van der Waals surface area contributed by atoms with Gasteiger partial charge in [0.05, 0.1) is 24.7 Å². The number of ether oxygens (including phenoxy) is 1. The van der Waals surface area contributed by atoms with Crippen molar-refractivity contribution in [3.05, 3.63) is 42.1 Å². The van der Waals surface area contributed by atoms with Crippen molar-refractivity contribution in [2.75, 3.05) is 12.4 Å². The van der Waals surface area contributed by atoms with Crippen LogP contribution >= 0.6 is 0 Å². The van der Waals surface area contributed by atoms with E-state index in [4.69, 9.17) is 10.5 Å². The van der Waals surface area contributed by atoms with Gasteiger partial charge in [-0.25, -0.2) is 0 Å².